The van der Waals surface area contributed by atoms with Gasteiger partial charge in [-0.2, -0.15) is 0 Å². The highest BCUT2D eigenvalue weighted by molar-refractivity contribution is 8.00. The van der Waals surface area contributed by atoms with E-state index >= 15 is 0 Å². The van der Waals surface area contributed by atoms with Crippen LogP contribution in [-0.4, -0.2) is 33.2 Å². The molecule has 1 saturated heterocycles. The first-order valence-electron chi connectivity index (χ1n) is 7.23. The number of hydrogen-bond acceptors (Lipinski definition) is 3. The maximum atomic E-state index is 4.08. The number of H-pyrrole nitrogens is 1. The Bertz CT molecular complexity index is 530. The lowest BCUT2D eigenvalue weighted by Crippen LogP contribution is -2.34. The molecule has 20 heavy (non-hydrogen) atoms. The maximum Gasteiger partial charge on any atom is 0.0922 e. The molecule has 1 N–H and O–H groups in total. The summed E-state index contributed by atoms with van der Waals surface area (Å²) in [4.78, 5) is 11.2. The average Bonchev–Trinajstić information content (AvgIpc) is 2.96. The van der Waals surface area contributed by atoms with Gasteiger partial charge >= 0.3 is 0 Å². The lowest BCUT2D eigenvalue weighted by atomic mass is 10.1. The SMILES string of the molecule is Cc1ccccc1SC1CCN(Cc2cnc[nH]2)CC1. The van der Waals surface area contributed by atoms with Crippen molar-refractivity contribution < 1.29 is 0 Å². The highest BCUT2D eigenvalue weighted by Crippen LogP contribution is 2.32. The molecular formula is C16H21N3S. The summed E-state index contributed by atoms with van der Waals surface area (Å²) >= 11 is 2.05. The molecule has 0 spiro atoms. The average molecular weight is 287 g/mol. The molecule has 0 amide bonds. The number of aromatic nitrogens is 2. The number of benzene rings is 1. The van der Waals surface area contributed by atoms with E-state index in [-0.39, 0.29) is 0 Å². The number of aromatic amines is 1. The van der Waals surface area contributed by atoms with Crippen molar-refractivity contribution in [2.45, 2.75) is 36.5 Å². The van der Waals surface area contributed by atoms with E-state index < -0.39 is 0 Å². The third-order valence-electron chi connectivity index (χ3n) is 3.87. The fourth-order valence-corrected chi connectivity index (χ4v) is 3.88. The van der Waals surface area contributed by atoms with Crippen molar-refractivity contribution >= 4 is 11.8 Å². The zero-order valence-electron chi connectivity index (χ0n) is 11.9. The zero-order valence-corrected chi connectivity index (χ0v) is 12.7. The molecule has 0 unspecified atom stereocenters. The number of rotatable bonds is 4. The van der Waals surface area contributed by atoms with Crippen LogP contribution in [0, 0.1) is 6.92 Å². The Labute approximate surface area is 124 Å². The first-order chi connectivity index (χ1) is 9.81. The number of nitrogens with zero attached hydrogens (tertiary/aromatic N) is 2. The van der Waals surface area contributed by atoms with Gasteiger partial charge in [-0.15, -0.1) is 11.8 Å². The second kappa shape index (κ2) is 6.46. The Morgan fingerprint density at radius 2 is 2.10 bits per heavy atom. The molecule has 0 atom stereocenters. The Kier molecular flexibility index (Phi) is 4.43. The van der Waals surface area contributed by atoms with Gasteiger partial charge in [0.1, 0.15) is 0 Å². The van der Waals surface area contributed by atoms with E-state index in [0.717, 1.165) is 11.8 Å². The van der Waals surface area contributed by atoms with Crippen molar-refractivity contribution in [2.75, 3.05) is 13.1 Å². The Balaban J connectivity index is 1.50. The minimum Gasteiger partial charge on any atom is -0.347 e. The number of hydrogen-bond donors (Lipinski definition) is 1. The zero-order chi connectivity index (χ0) is 13.8. The molecule has 3 rings (SSSR count). The molecule has 0 radical (unpaired) electrons. The number of thioether (sulfide) groups is 1. The predicted molar refractivity (Wildman–Crippen MR) is 83.9 cm³/mol. The van der Waals surface area contributed by atoms with Gasteiger partial charge in [-0.1, -0.05) is 18.2 Å². The van der Waals surface area contributed by atoms with E-state index in [2.05, 4.69) is 57.8 Å². The van der Waals surface area contributed by atoms with Crippen molar-refractivity contribution in [3.8, 4) is 0 Å². The van der Waals surface area contributed by atoms with Crippen LogP contribution in [0.4, 0.5) is 0 Å². The number of nitrogens with one attached hydrogen (secondary N) is 1. The van der Waals surface area contributed by atoms with Crippen LogP contribution in [0.15, 0.2) is 41.7 Å². The van der Waals surface area contributed by atoms with Crippen LogP contribution < -0.4 is 0 Å². The summed E-state index contributed by atoms with van der Waals surface area (Å²) in [6.45, 7) is 5.57. The molecule has 0 bridgehead atoms. The van der Waals surface area contributed by atoms with Crippen LogP contribution in [0.1, 0.15) is 24.1 Å². The molecule has 0 saturated carbocycles. The number of likely N-dealkylation sites (tertiary alicyclic amines) is 1. The van der Waals surface area contributed by atoms with Gasteiger partial charge in [-0.25, -0.2) is 4.98 Å². The second-order valence-corrected chi connectivity index (χ2v) is 6.78. The molecule has 106 valence electrons. The summed E-state index contributed by atoms with van der Waals surface area (Å²) < 4.78 is 0. The monoisotopic (exact) mass is 287 g/mol. The van der Waals surface area contributed by atoms with Gasteiger partial charge in [0.2, 0.25) is 0 Å². The van der Waals surface area contributed by atoms with Crippen LogP contribution in [0.5, 0.6) is 0 Å². The molecule has 3 nitrogen and oxygen atoms in total. The lowest BCUT2D eigenvalue weighted by molar-refractivity contribution is 0.222. The van der Waals surface area contributed by atoms with Crippen molar-refractivity contribution in [3.63, 3.8) is 0 Å². The summed E-state index contributed by atoms with van der Waals surface area (Å²) in [5, 5.41) is 0.758. The largest absolute Gasteiger partial charge is 0.347 e. The summed E-state index contributed by atoms with van der Waals surface area (Å²) in [5.41, 5.74) is 2.62. The predicted octanol–water partition coefficient (Wildman–Crippen LogP) is 3.47. The summed E-state index contributed by atoms with van der Waals surface area (Å²) in [6, 6.07) is 8.71. The van der Waals surface area contributed by atoms with Gasteiger partial charge in [0.05, 0.1) is 6.33 Å². The molecular weight excluding hydrogens is 266 g/mol. The molecule has 1 aromatic heterocycles. The first-order valence-corrected chi connectivity index (χ1v) is 8.11. The van der Waals surface area contributed by atoms with Gasteiger partial charge in [0, 0.05) is 28.6 Å². The third-order valence-corrected chi connectivity index (χ3v) is 5.39. The number of piperidine rings is 1. The van der Waals surface area contributed by atoms with Gasteiger partial charge in [-0.3, -0.25) is 4.90 Å². The van der Waals surface area contributed by atoms with E-state index in [9.17, 15) is 0 Å². The summed E-state index contributed by atoms with van der Waals surface area (Å²) in [5.74, 6) is 0. The fourth-order valence-electron chi connectivity index (χ4n) is 2.67. The molecule has 2 heterocycles. The molecule has 1 aromatic carbocycles. The Morgan fingerprint density at radius 3 is 2.80 bits per heavy atom. The smallest absolute Gasteiger partial charge is 0.0922 e. The van der Waals surface area contributed by atoms with Crippen molar-refractivity contribution in [3.05, 3.63) is 48.0 Å². The van der Waals surface area contributed by atoms with Crippen LogP contribution in [0.25, 0.3) is 0 Å². The first kappa shape index (κ1) is 13.7. The topological polar surface area (TPSA) is 31.9 Å². The molecule has 0 aliphatic carbocycles. The van der Waals surface area contributed by atoms with E-state index in [1.807, 2.05) is 6.20 Å². The van der Waals surface area contributed by atoms with Gasteiger partial charge in [-0.05, 0) is 44.5 Å². The van der Waals surface area contributed by atoms with Gasteiger partial charge < -0.3 is 4.98 Å². The second-order valence-electron chi connectivity index (χ2n) is 5.44. The minimum atomic E-state index is 0.758. The molecule has 2 aromatic rings. The highest BCUT2D eigenvalue weighted by Gasteiger charge is 2.20. The maximum absolute atomic E-state index is 4.08. The number of imidazole rings is 1. The Hall–Kier alpha value is -1.26. The fraction of sp³-hybridized carbons (Fsp3) is 0.438. The van der Waals surface area contributed by atoms with Gasteiger partial charge in [0.15, 0.2) is 0 Å². The Morgan fingerprint density at radius 1 is 1.30 bits per heavy atom. The van der Waals surface area contributed by atoms with Crippen LogP contribution in [0.2, 0.25) is 0 Å². The minimum absolute atomic E-state index is 0.758. The van der Waals surface area contributed by atoms with E-state index in [1.54, 1.807) is 6.33 Å². The molecule has 1 aliphatic rings. The van der Waals surface area contributed by atoms with E-state index in [4.69, 9.17) is 0 Å². The molecule has 4 heteroatoms. The van der Waals surface area contributed by atoms with Crippen molar-refractivity contribution in [1.82, 2.24) is 14.9 Å². The van der Waals surface area contributed by atoms with Crippen LogP contribution >= 0.6 is 11.8 Å². The quantitative estimate of drug-likeness (QED) is 0.934. The summed E-state index contributed by atoms with van der Waals surface area (Å²) in [6.07, 6.45) is 6.23. The molecule has 1 fully saturated rings. The summed E-state index contributed by atoms with van der Waals surface area (Å²) in [7, 11) is 0. The van der Waals surface area contributed by atoms with Crippen molar-refractivity contribution in [2.24, 2.45) is 0 Å². The van der Waals surface area contributed by atoms with E-state index in [1.165, 1.54) is 42.1 Å². The van der Waals surface area contributed by atoms with Crippen LogP contribution in [0.3, 0.4) is 0 Å². The van der Waals surface area contributed by atoms with Crippen LogP contribution in [-0.2, 0) is 6.54 Å². The number of aryl methyl sites for hydroxylation is 1. The highest BCUT2D eigenvalue weighted by atomic mass is 32.2. The van der Waals surface area contributed by atoms with Crippen molar-refractivity contribution in [1.29, 1.82) is 0 Å². The standard InChI is InChI=1S/C16H21N3S/c1-13-4-2-3-5-16(13)20-15-6-8-19(9-7-15)11-14-10-17-12-18-14/h2-5,10,12,15H,6-9,11H2,1H3,(H,17,18). The molecule has 1 aliphatic heterocycles. The lowest BCUT2D eigenvalue weighted by Gasteiger charge is -2.31. The third kappa shape index (κ3) is 3.44. The normalized spacial score (nSPS) is 17.4. The van der Waals surface area contributed by atoms with Gasteiger partial charge in [0.25, 0.3) is 0 Å². The van der Waals surface area contributed by atoms with E-state index in [0.29, 0.717) is 0 Å².